The van der Waals surface area contributed by atoms with E-state index in [4.69, 9.17) is 0 Å². The Hall–Kier alpha value is -2.07. The largest absolute Gasteiger partial charge is 0.358 e. The third-order valence-corrected chi connectivity index (χ3v) is 5.89. The van der Waals surface area contributed by atoms with Gasteiger partial charge in [-0.2, -0.15) is 0 Å². The van der Waals surface area contributed by atoms with Gasteiger partial charge in [-0.05, 0) is 53.0 Å². The predicted molar refractivity (Wildman–Crippen MR) is 100 cm³/mol. The standard InChI is InChI=1S/C20H19BrN2O/c1-12-6-7-14-16-11-23(9-8-17(16)22-18(14)10-12)20(24)15-5-3-4-13(2)19(15)21/h3-7,10,22H,8-9,11H2,1-2H3. The fraction of sp³-hybridized carbons (Fsp3) is 0.250. The molecule has 24 heavy (non-hydrogen) atoms. The number of amides is 1. The Morgan fingerprint density at radius 2 is 2.04 bits per heavy atom. The second-order valence-electron chi connectivity index (χ2n) is 6.54. The molecule has 1 aliphatic heterocycles. The summed E-state index contributed by atoms with van der Waals surface area (Å²) in [6.45, 7) is 5.52. The maximum atomic E-state index is 13.0. The third-order valence-electron chi connectivity index (χ3n) is 4.84. The van der Waals surface area contributed by atoms with Crippen LogP contribution >= 0.6 is 15.9 Å². The summed E-state index contributed by atoms with van der Waals surface area (Å²) >= 11 is 3.57. The molecule has 0 atom stereocenters. The lowest BCUT2D eigenvalue weighted by atomic mass is 10.0. The number of rotatable bonds is 1. The van der Waals surface area contributed by atoms with Crippen molar-refractivity contribution in [3.8, 4) is 0 Å². The van der Waals surface area contributed by atoms with Crippen molar-refractivity contribution in [1.82, 2.24) is 9.88 Å². The van der Waals surface area contributed by atoms with E-state index >= 15 is 0 Å². The summed E-state index contributed by atoms with van der Waals surface area (Å²) in [6.07, 6.45) is 0.873. The molecule has 1 N–H and O–H groups in total. The average molecular weight is 383 g/mol. The van der Waals surface area contributed by atoms with Gasteiger partial charge in [0.2, 0.25) is 0 Å². The van der Waals surface area contributed by atoms with Crippen molar-refractivity contribution in [2.75, 3.05) is 6.54 Å². The van der Waals surface area contributed by atoms with Crippen LogP contribution in [0.3, 0.4) is 0 Å². The number of aromatic amines is 1. The van der Waals surface area contributed by atoms with Crippen molar-refractivity contribution in [3.63, 3.8) is 0 Å². The van der Waals surface area contributed by atoms with Gasteiger partial charge in [0.25, 0.3) is 5.91 Å². The molecule has 0 spiro atoms. The molecule has 2 aromatic carbocycles. The molecule has 0 fully saturated rings. The zero-order valence-corrected chi connectivity index (χ0v) is 15.4. The maximum Gasteiger partial charge on any atom is 0.255 e. The first kappa shape index (κ1) is 15.5. The van der Waals surface area contributed by atoms with Crippen molar-refractivity contribution >= 4 is 32.7 Å². The highest BCUT2D eigenvalue weighted by atomic mass is 79.9. The molecular weight excluding hydrogens is 364 g/mol. The van der Waals surface area contributed by atoms with Gasteiger partial charge >= 0.3 is 0 Å². The second-order valence-corrected chi connectivity index (χ2v) is 7.34. The number of halogens is 1. The van der Waals surface area contributed by atoms with E-state index in [1.165, 1.54) is 27.7 Å². The van der Waals surface area contributed by atoms with Crippen LogP contribution < -0.4 is 0 Å². The van der Waals surface area contributed by atoms with E-state index in [-0.39, 0.29) is 5.91 Å². The molecule has 1 aliphatic rings. The van der Waals surface area contributed by atoms with Crippen LogP contribution in [-0.4, -0.2) is 22.3 Å². The topological polar surface area (TPSA) is 36.1 Å². The van der Waals surface area contributed by atoms with E-state index in [2.05, 4.69) is 46.0 Å². The highest BCUT2D eigenvalue weighted by molar-refractivity contribution is 9.10. The minimum Gasteiger partial charge on any atom is -0.358 e. The van der Waals surface area contributed by atoms with Gasteiger partial charge in [0.05, 0.1) is 5.56 Å². The second kappa shape index (κ2) is 5.78. The molecule has 0 unspecified atom stereocenters. The van der Waals surface area contributed by atoms with Gasteiger partial charge in [-0.1, -0.05) is 24.3 Å². The van der Waals surface area contributed by atoms with Crippen LogP contribution in [0.15, 0.2) is 40.9 Å². The summed E-state index contributed by atoms with van der Waals surface area (Å²) in [6, 6.07) is 12.3. The third kappa shape index (κ3) is 2.46. The Labute approximate surface area is 149 Å². The molecule has 0 saturated carbocycles. The molecule has 0 aliphatic carbocycles. The monoisotopic (exact) mass is 382 g/mol. The zero-order chi connectivity index (χ0) is 16.8. The van der Waals surface area contributed by atoms with Crippen LogP contribution in [-0.2, 0) is 13.0 Å². The molecule has 0 radical (unpaired) electrons. The minimum absolute atomic E-state index is 0.0951. The number of aryl methyl sites for hydroxylation is 2. The number of nitrogens with one attached hydrogen (secondary N) is 1. The molecule has 4 heteroatoms. The lowest BCUT2D eigenvalue weighted by molar-refractivity contribution is 0.0734. The summed E-state index contributed by atoms with van der Waals surface area (Å²) < 4.78 is 0.898. The highest BCUT2D eigenvalue weighted by Gasteiger charge is 2.26. The van der Waals surface area contributed by atoms with E-state index in [9.17, 15) is 4.79 Å². The number of hydrogen-bond acceptors (Lipinski definition) is 1. The summed E-state index contributed by atoms with van der Waals surface area (Å²) in [5.41, 5.74) is 6.77. The lowest BCUT2D eigenvalue weighted by Gasteiger charge is -2.28. The smallest absolute Gasteiger partial charge is 0.255 e. The van der Waals surface area contributed by atoms with Crippen LogP contribution in [0.4, 0.5) is 0 Å². The lowest BCUT2D eigenvalue weighted by Crippen LogP contribution is -2.36. The Morgan fingerprint density at radius 3 is 2.88 bits per heavy atom. The Morgan fingerprint density at radius 1 is 1.21 bits per heavy atom. The molecule has 0 bridgehead atoms. The van der Waals surface area contributed by atoms with E-state index < -0.39 is 0 Å². The SMILES string of the molecule is Cc1ccc2c3c([nH]c2c1)CCN(C(=O)c1cccc(C)c1Br)C3. The maximum absolute atomic E-state index is 13.0. The van der Waals surface area contributed by atoms with Gasteiger partial charge < -0.3 is 9.88 Å². The number of benzene rings is 2. The van der Waals surface area contributed by atoms with Crippen LogP contribution in [0, 0.1) is 13.8 Å². The molecular formula is C20H19BrN2O. The number of fused-ring (bicyclic) bond motifs is 3. The average Bonchev–Trinajstić information content (AvgIpc) is 2.93. The van der Waals surface area contributed by atoms with Gasteiger partial charge in [-0.3, -0.25) is 4.79 Å². The molecule has 3 nitrogen and oxygen atoms in total. The minimum atomic E-state index is 0.0951. The van der Waals surface area contributed by atoms with E-state index in [0.29, 0.717) is 6.54 Å². The Balaban J connectivity index is 1.70. The number of carbonyl (C=O) groups is 1. The fourth-order valence-corrected chi connectivity index (χ4v) is 3.93. The van der Waals surface area contributed by atoms with Crippen LogP contribution in [0.1, 0.15) is 32.7 Å². The summed E-state index contributed by atoms with van der Waals surface area (Å²) in [4.78, 5) is 18.5. The highest BCUT2D eigenvalue weighted by Crippen LogP contribution is 2.30. The number of H-pyrrole nitrogens is 1. The molecule has 2 heterocycles. The van der Waals surface area contributed by atoms with E-state index in [0.717, 1.165) is 28.6 Å². The van der Waals surface area contributed by atoms with E-state index in [1.807, 2.05) is 30.0 Å². The van der Waals surface area contributed by atoms with Crippen molar-refractivity contribution < 1.29 is 4.79 Å². The van der Waals surface area contributed by atoms with Crippen molar-refractivity contribution in [2.45, 2.75) is 26.8 Å². The molecule has 4 rings (SSSR count). The van der Waals surface area contributed by atoms with Crippen LogP contribution in [0.25, 0.3) is 10.9 Å². The fourth-order valence-electron chi connectivity index (χ4n) is 3.49. The van der Waals surface area contributed by atoms with E-state index in [1.54, 1.807) is 0 Å². The van der Waals surface area contributed by atoms with Crippen molar-refractivity contribution in [1.29, 1.82) is 0 Å². The van der Waals surface area contributed by atoms with Gasteiger partial charge in [-0.15, -0.1) is 0 Å². The first-order chi connectivity index (χ1) is 11.5. The normalized spacial score (nSPS) is 14.0. The van der Waals surface area contributed by atoms with Gasteiger partial charge in [0.1, 0.15) is 0 Å². The van der Waals surface area contributed by atoms with Gasteiger partial charge in [0.15, 0.2) is 0 Å². The first-order valence-electron chi connectivity index (χ1n) is 8.19. The molecule has 3 aromatic rings. The predicted octanol–water partition coefficient (Wildman–Crippen LogP) is 4.75. The zero-order valence-electron chi connectivity index (χ0n) is 13.8. The summed E-state index contributed by atoms with van der Waals surface area (Å²) in [5, 5.41) is 1.23. The van der Waals surface area contributed by atoms with Gasteiger partial charge in [0, 0.05) is 46.1 Å². The number of aromatic nitrogens is 1. The first-order valence-corrected chi connectivity index (χ1v) is 8.98. The molecule has 122 valence electrons. The van der Waals surface area contributed by atoms with Crippen molar-refractivity contribution in [2.24, 2.45) is 0 Å². The number of carbonyl (C=O) groups excluding carboxylic acids is 1. The quantitative estimate of drug-likeness (QED) is 0.647. The molecule has 0 saturated heterocycles. The summed E-state index contributed by atoms with van der Waals surface area (Å²) in [7, 11) is 0. The summed E-state index contributed by atoms with van der Waals surface area (Å²) in [5.74, 6) is 0.0951. The van der Waals surface area contributed by atoms with Crippen LogP contribution in [0.2, 0.25) is 0 Å². The number of hydrogen-bond donors (Lipinski definition) is 1. The number of nitrogens with zero attached hydrogens (tertiary/aromatic N) is 1. The Bertz CT molecular complexity index is 958. The van der Waals surface area contributed by atoms with Crippen molar-refractivity contribution in [3.05, 3.63) is 68.8 Å². The Kier molecular flexibility index (Phi) is 3.72. The molecule has 1 aromatic heterocycles. The molecule has 1 amide bonds. The van der Waals surface area contributed by atoms with Gasteiger partial charge in [-0.25, -0.2) is 0 Å². The van der Waals surface area contributed by atoms with Crippen LogP contribution in [0.5, 0.6) is 0 Å².